The van der Waals surface area contributed by atoms with Crippen LogP contribution < -0.4 is 0 Å². The van der Waals surface area contributed by atoms with Crippen molar-refractivity contribution in [3.05, 3.63) is 0 Å². The minimum absolute atomic E-state index is 0.140. The van der Waals surface area contributed by atoms with Crippen LogP contribution in [0.25, 0.3) is 0 Å². The van der Waals surface area contributed by atoms with Crippen molar-refractivity contribution in [1.82, 2.24) is 4.90 Å². The monoisotopic (exact) mass is 227 g/mol. The third kappa shape index (κ3) is 2.76. The topological polar surface area (TPSA) is 32.7 Å². The molecule has 3 atom stereocenters. The van der Waals surface area contributed by atoms with Gasteiger partial charge in [-0.1, -0.05) is 12.8 Å². The lowest BCUT2D eigenvalue weighted by atomic mass is 9.85. The Morgan fingerprint density at radius 1 is 1.25 bits per heavy atom. The molecule has 16 heavy (non-hydrogen) atoms. The van der Waals surface area contributed by atoms with Gasteiger partial charge in [0.25, 0.3) is 0 Å². The van der Waals surface area contributed by atoms with Gasteiger partial charge in [-0.15, -0.1) is 0 Å². The van der Waals surface area contributed by atoms with Crippen LogP contribution in [0.2, 0.25) is 0 Å². The molecule has 3 nitrogen and oxygen atoms in total. The van der Waals surface area contributed by atoms with Crippen molar-refractivity contribution in [3.63, 3.8) is 0 Å². The van der Waals surface area contributed by atoms with E-state index in [0.29, 0.717) is 6.61 Å². The maximum atomic E-state index is 8.66. The molecule has 0 aromatic rings. The number of likely N-dealkylation sites (tertiary alicyclic amines) is 1. The molecule has 1 heterocycles. The highest BCUT2D eigenvalue weighted by Gasteiger charge is 2.39. The molecular weight excluding hydrogens is 202 g/mol. The van der Waals surface area contributed by atoms with Crippen LogP contribution in [0.4, 0.5) is 0 Å². The van der Waals surface area contributed by atoms with Crippen LogP contribution in [0.15, 0.2) is 0 Å². The molecule has 0 bridgehead atoms. The summed E-state index contributed by atoms with van der Waals surface area (Å²) in [4.78, 5) is 2.64. The molecule has 1 aliphatic heterocycles. The maximum Gasteiger partial charge on any atom is 0.0698 e. The van der Waals surface area contributed by atoms with Crippen molar-refractivity contribution >= 4 is 0 Å². The van der Waals surface area contributed by atoms with Gasteiger partial charge in [0, 0.05) is 18.6 Å². The molecule has 1 saturated heterocycles. The van der Waals surface area contributed by atoms with E-state index in [4.69, 9.17) is 9.84 Å². The number of hydrogen-bond acceptors (Lipinski definition) is 3. The normalized spacial score (nSPS) is 35.2. The fraction of sp³-hybridized carbons (Fsp3) is 1.00. The van der Waals surface area contributed by atoms with Gasteiger partial charge in [0.15, 0.2) is 0 Å². The van der Waals surface area contributed by atoms with Crippen LogP contribution in [0.1, 0.15) is 39.0 Å². The molecule has 94 valence electrons. The second-order valence-electron chi connectivity index (χ2n) is 5.27. The summed E-state index contributed by atoms with van der Waals surface area (Å²) in [5, 5.41) is 8.66. The standard InChI is InChI=1S/C13H25NO2/c1-11-10-12-4-2-3-5-13(12)14(11)6-8-16-9-7-15/h11-13,15H,2-10H2,1H3. The van der Waals surface area contributed by atoms with Crippen LogP contribution in [-0.2, 0) is 4.74 Å². The lowest BCUT2D eigenvalue weighted by molar-refractivity contribution is 0.0564. The summed E-state index contributed by atoms with van der Waals surface area (Å²) in [6.45, 7) is 4.79. The summed E-state index contributed by atoms with van der Waals surface area (Å²) >= 11 is 0. The Morgan fingerprint density at radius 3 is 2.88 bits per heavy atom. The zero-order chi connectivity index (χ0) is 11.4. The summed E-state index contributed by atoms with van der Waals surface area (Å²) in [6, 6.07) is 1.55. The predicted molar refractivity (Wildman–Crippen MR) is 64.4 cm³/mol. The Bertz CT molecular complexity index is 210. The number of nitrogens with zero attached hydrogens (tertiary/aromatic N) is 1. The Kier molecular flexibility index (Phi) is 4.62. The van der Waals surface area contributed by atoms with Gasteiger partial charge in [-0.2, -0.15) is 0 Å². The van der Waals surface area contributed by atoms with Crippen LogP contribution in [0.3, 0.4) is 0 Å². The summed E-state index contributed by atoms with van der Waals surface area (Å²) in [6.07, 6.45) is 7.04. The molecule has 1 saturated carbocycles. The fourth-order valence-corrected chi connectivity index (χ4v) is 3.52. The van der Waals surface area contributed by atoms with E-state index in [0.717, 1.165) is 31.2 Å². The lowest BCUT2D eigenvalue weighted by Crippen LogP contribution is -2.40. The molecule has 1 N–H and O–H groups in total. The number of hydrogen-bond donors (Lipinski definition) is 1. The minimum atomic E-state index is 0.140. The Labute approximate surface area is 98.8 Å². The summed E-state index contributed by atoms with van der Waals surface area (Å²) < 4.78 is 5.38. The highest BCUT2D eigenvalue weighted by atomic mass is 16.5. The first-order valence-corrected chi connectivity index (χ1v) is 6.77. The van der Waals surface area contributed by atoms with Gasteiger partial charge in [0.05, 0.1) is 19.8 Å². The molecule has 0 amide bonds. The largest absolute Gasteiger partial charge is 0.394 e. The van der Waals surface area contributed by atoms with Gasteiger partial charge < -0.3 is 9.84 Å². The molecule has 3 heteroatoms. The SMILES string of the molecule is CC1CC2CCCCC2N1CCOCCO. The number of fused-ring (bicyclic) bond motifs is 1. The number of rotatable bonds is 5. The van der Waals surface area contributed by atoms with Gasteiger partial charge in [0.2, 0.25) is 0 Å². The zero-order valence-electron chi connectivity index (χ0n) is 10.4. The van der Waals surface area contributed by atoms with Crippen molar-refractivity contribution in [3.8, 4) is 0 Å². The smallest absolute Gasteiger partial charge is 0.0698 e. The van der Waals surface area contributed by atoms with E-state index in [2.05, 4.69) is 11.8 Å². The van der Waals surface area contributed by atoms with Crippen molar-refractivity contribution in [2.45, 2.75) is 51.1 Å². The fourth-order valence-electron chi connectivity index (χ4n) is 3.52. The highest BCUT2D eigenvalue weighted by Crippen LogP contribution is 2.39. The second kappa shape index (κ2) is 5.99. The molecule has 0 radical (unpaired) electrons. The van der Waals surface area contributed by atoms with Gasteiger partial charge in [0.1, 0.15) is 0 Å². The van der Waals surface area contributed by atoms with E-state index < -0.39 is 0 Å². The first kappa shape index (κ1) is 12.3. The molecule has 2 fully saturated rings. The average Bonchev–Trinajstić information content (AvgIpc) is 2.61. The van der Waals surface area contributed by atoms with Gasteiger partial charge in [-0.25, -0.2) is 0 Å². The quantitative estimate of drug-likeness (QED) is 0.725. The van der Waals surface area contributed by atoms with E-state index in [-0.39, 0.29) is 6.61 Å². The van der Waals surface area contributed by atoms with Gasteiger partial charge in [-0.05, 0) is 32.1 Å². The van der Waals surface area contributed by atoms with Gasteiger partial charge in [-0.3, -0.25) is 4.90 Å². The van der Waals surface area contributed by atoms with E-state index in [9.17, 15) is 0 Å². The number of ether oxygens (including phenoxy) is 1. The van der Waals surface area contributed by atoms with E-state index in [1.807, 2.05) is 0 Å². The van der Waals surface area contributed by atoms with Crippen molar-refractivity contribution in [2.75, 3.05) is 26.4 Å². The Morgan fingerprint density at radius 2 is 2.06 bits per heavy atom. The molecule has 0 spiro atoms. The van der Waals surface area contributed by atoms with Crippen molar-refractivity contribution < 1.29 is 9.84 Å². The minimum Gasteiger partial charge on any atom is -0.394 e. The van der Waals surface area contributed by atoms with E-state index >= 15 is 0 Å². The molecule has 0 aromatic heterocycles. The Balaban J connectivity index is 1.78. The van der Waals surface area contributed by atoms with E-state index in [1.165, 1.54) is 32.1 Å². The van der Waals surface area contributed by atoms with Crippen molar-refractivity contribution in [2.24, 2.45) is 5.92 Å². The van der Waals surface area contributed by atoms with Crippen LogP contribution in [-0.4, -0.2) is 48.5 Å². The number of aliphatic hydroxyl groups excluding tert-OH is 1. The van der Waals surface area contributed by atoms with Crippen LogP contribution in [0, 0.1) is 5.92 Å². The van der Waals surface area contributed by atoms with Crippen LogP contribution >= 0.6 is 0 Å². The summed E-state index contributed by atoms with van der Waals surface area (Å²) in [7, 11) is 0. The average molecular weight is 227 g/mol. The van der Waals surface area contributed by atoms with Crippen LogP contribution in [0.5, 0.6) is 0 Å². The Hall–Kier alpha value is -0.120. The highest BCUT2D eigenvalue weighted by molar-refractivity contribution is 4.93. The van der Waals surface area contributed by atoms with E-state index in [1.54, 1.807) is 0 Å². The molecular formula is C13H25NO2. The molecule has 2 rings (SSSR count). The van der Waals surface area contributed by atoms with Gasteiger partial charge >= 0.3 is 0 Å². The van der Waals surface area contributed by atoms with Crippen molar-refractivity contribution in [1.29, 1.82) is 0 Å². The first-order valence-electron chi connectivity index (χ1n) is 6.77. The first-order chi connectivity index (χ1) is 7.83. The second-order valence-corrected chi connectivity index (χ2v) is 5.27. The summed E-state index contributed by atoms with van der Waals surface area (Å²) in [5.74, 6) is 0.946. The molecule has 2 aliphatic rings. The third-order valence-corrected chi connectivity index (χ3v) is 4.23. The summed E-state index contributed by atoms with van der Waals surface area (Å²) in [5.41, 5.74) is 0. The molecule has 0 aromatic carbocycles. The maximum absolute atomic E-state index is 8.66. The zero-order valence-corrected chi connectivity index (χ0v) is 10.4. The molecule has 3 unspecified atom stereocenters. The molecule has 1 aliphatic carbocycles. The number of aliphatic hydroxyl groups is 1. The predicted octanol–water partition coefficient (Wildman–Crippen LogP) is 1.65. The third-order valence-electron chi connectivity index (χ3n) is 4.23. The lowest BCUT2D eigenvalue weighted by Gasteiger charge is -2.33.